The molecule has 0 radical (unpaired) electrons. The Labute approximate surface area is 65.3 Å². The van der Waals surface area contributed by atoms with E-state index in [1.165, 1.54) is 0 Å². The van der Waals surface area contributed by atoms with Gasteiger partial charge in [-0.1, -0.05) is 6.92 Å². The highest BCUT2D eigenvalue weighted by atomic mass is 16.2. The smallest absolute Gasteiger partial charge is 0.219 e. The highest BCUT2D eigenvalue weighted by Crippen LogP contribution is 2.10. The summed E-state index contributed by atoms with van der Waals surface area (Å²) in [5.41, 5.74) is 0. The Kier molecular flexibility index (Phi) is 2.36. The third kappa shape index (κ3) is 1.19. The van der Waals surface area contributed by atoms with Crippen LogP contribution >= 0.6 is 0 Å². The van der Waals surface area contributed by atoms with Crippen molar-refractivity contribution < 1.29 is 9.59 Å². The first kappa shape index (κ1) is 8.36. The van der Waals surface area contributed by atoms with Gasteiger partial charge in [0.05, 0.1) is 12.1 Å². The molecule has 2 N–H and O–H groups in total. The fourth-order valence-corrected chi connectivity index (χ4v) is 1.24. The molecule has 1 saturated carbocycles. The summed E-state index contributed by atoms with van der Waals surface area (Å²) in [6.45, 7) is 2.62. The van der Waals surface area contributed by atoms with E-state index in [0.29, 0.717) is 6.54 Å². The largest absolute Gasteiger partial charge is 0.308 e. The van der Waals surface area contributed by atoms with E-state index < -0.39 is 0 Å². The van der Waals surface area contributed by atoms with Crippen molar-refractivity contribution in [3.63, 3.8) is 0 Å². The molecule has 0 aromatic rings. The van der Waals surface area contributed by atoms with Gasteiger partial charge in [0.15, 0.2) is 0 Å². The van der Waals surface area contributed by atoms with Crippen molar-refractivity contribution in [2.45, 2.75) is 19.0 Å². The maximum atomic E-state index is 10.9. The Morgan fingerprint density at radius 3 is 2.27 bits per heavy atom. The summed E-state index contributed by atoms with van der Waals surface area (Å²) in [4.78, 5) is 21.7. The molecule has 0 aliphatic heterocycles. The van der Waals surface area contributed by atoms with Crippen LogP contribution in [0.3, 0.4) is 0 Å². The second-order valence-electron chi connectivity index (χ2n) is 2.53. The highest BCUT2D eigenvalue weighted by Gasteiger charge is 2.47. The molecule has 62 valence electrons. The zero-order valence-electron chi connectivity index (χ0n) is 6.68. The van der Waals surface area contributed by atoms with E-state index in [-0.39, 0.29) is 23.7 Å². The predicted octanol–water partition coefficient (Wildman–Crippen LogP) is -1.30. The van der Waals surface area contributed by atoms with Crippen LogP contribution in [0, 0.1) is 0 Å². The normalized spacial score (nSPS) is 30.4. The van der Waals surface area contributed by atoms with Crippen molar-refractivity contribution in [1.29, 1.82) is 0 Å². The van der Waals surface area contributed by atoms with Gasteiger partial charge in [-0.05, 0) is 13.6 Å². The molecule has 1 rings (SSSR count). The van der Waals surface area contributed by atoms with E-state index in [9.17, 15) is 9.59 Å². The minimum Gasteiger partial charge on any atom is -0.308 e. The van der Waals surface area contributed by atoms with Crippen molar-refractivity contribution in [2.75, 3.05) is 13.6 Å². The summed E-state index contributed by atoms with van der Waals surface area (Å²) in [5.74, 6) is -0.607. The van der Waals surface area contributed by atoms with Crippen molar-refractivity contribution in [1.82, 2.24) is 10.6 Å². The van der Waals surface area contributed by atoms with Crippen LogP contribution in [0.5, 0.6) is 0 Å². The fourth-order valence-electron chi connectivity index (χ4n) is 1.24. The van der Waals surface area contributed by atoms with Gasteiger partial charge in [-0.2, -0.15) is 0 Å². The van der Waals surface area contributed by atoms with Gasteiger partial charge in [-0.3, -0.25) is 9.59 Å². The second kappa shape index (κ2) is 3.11. The Bertz CT molecular complexity index is 191. The molecule has 0 spiro atoms. The van der Waals surface area contributed by atoms with Gasteiger partial charge in [0, 0.05) is 0 Å². The van der Waals surface area contributed by atoms with Crippen LogP contribution in [0.15, 0.2) is 0 Å². The van der Waals surface area contributed by atoms with Crippen molar-refractivity contribution >= 4 is 11.6 Å². The number of ketones is 2. The number of rotatable bonds is 3. The lowest BCUT2D eigenvalue weighted by Crippen LogP contribution is -2.68. The maximum Gasteiger partial charge on any atom is 0.219 e. The van der Waals surface area contributed by atoms with E-state index in [0.717, 1.165) is 0 Å². The van der Waals surface area contributed by atoms with Crippen LogP contribution in [0.25, 0.3) is 0 Å². The number of hydrogen-bond donors (Lipinski definition) is 2. The van der Waals surface area contributed by atoms with E-state index >= 15 is 0 Å². The van der Waals surface area contributed by atoms with Crippen LogP contribution in [0.1, 0.15) is 6.92 Å². The van der Waals surface area contributed by atoms with Crippen molar-refractivity contribution in [3.8, 4) is 0 Å². The van der Waals surface area contributed by atoms with Gasteiger partial charge in [-0.15, -0.1) is 0 Å². The quantitative estimate of drug-likeness (QED) is 0.499. The van der Waals surface area contributed by atoms with E-state index in [1.807, 2.05) is 6.92 Å². The standard InChI is InChI=1S/C7H12N2O2/c1-3-9-5-4(8-2)6(10)7(5)11/h4-5,8-9H,3H2,1-2H3. The van der Waals surface area contributed by atoms with Crippen LogP contribution in [0.2, 0.25) is 0 Å². The summed E-state index contributed by atoms with van der Waals surface area (Å²) >= 11 is 0. The Morgan fingerprint density at radius 2 is 1.82 bits per heavy atom. The average molecular weight is 156 g/mol. The summed E-state index contributed by atoms with van der Waals surface area (Å²) in [7, 11) is 1.68. The molecule has 2 atom stereocenters. The van der Waals surface area contributed by atoms with Gasteiger partial charge < -0.3 is 10.6 Å². The Morgan fingerprint density at radius 1 is 1.27 bits per heavy atom. The van der Waals surface area contributed by atoms with Gasteiger partial charge in [0.2, 0.25) is 11.6 Å². The summed E-state index contributed by atoms with van der Waals surface area (Å²) < 4.78 is 0. The lowest BCUT2D eigenvalue weighted by molar-refractivity contribution is -0.147. The van der Waals surface area contributed by atoms with Crippen LogP contribution in [0.4, 0.5) is 0 Å². The first-order chi connectivity index (χ1) is 5.22. The molecule has 0 heterocycles. The molecule has 11 heavy (non-hydrogen) atoms. The monoisotopic (exact) mass is 156 g/mol. The lowest BCUT2D eigenvalue weighted by Gasteiger charge is -2.32. The molecule has 4 heteroatoms. The fraction of sp³-hybridized carbons (Fsp3) is 0.714. The molecule has 0 aromatic carbocycles. The molecule has 1 aliphatic rings. The Balaban J connectivity index is 2.53. The van der Waals surface area contributed by atoms with Crippen molar-refractivity contribution in [2.24, 2.45) is 0 Å². The Hall–Kier alpha value is -0.740. The van der Waals surface area contributed by atoms with Crippen LogP contribution in [-0.2, 0) is 9.59 Å². The van der Waals surface area contributed by atoms with Crippen LogP contribution < -0.4 is 10.6 Å². The number of hydrogen-bond acceptors (Lipinski definition) is 4. The van der Waals surface area contributed by atoms with Crippen LogP contribution in [-0.4, -0.2) is 37.2 Å². The molecule has 0 saturated heterocycles. The molecular weight excluding hydrogens is 144 g/mol. The molecule has 0 aromatic heterocycles. The van der Waals surface area contributed by atoms with E-state index in [2.05, 4.69) is 10.6 Å². The van der Waals surface area contributed by atoms with E-state index in [4.69, 9.17) is 0 Å². The van der Waals surface area contributed by atoms with Gasteiger partial charge >= 0.3 is 0 Å². The van der Waals surface area contributed by atoms with Crippen molar-refractivity contribution in [3.05, 3.63) is 0 Å². The number of carbonyl (C=O) groups is 2. The van der Waals surface area contributed by atoms with Gasteiger partial charge in [-0.25, -0.2) is 0 Å². The first-order valence-electron chi connectivity index (χ1n) is 3.71. The molecule has 2 unspecified atom stereocenters. The third-order valence-electron chi connectivity index (χ3n) is 1.88. The second-order valence-corrected chi connectivity index (χ2v) is 2.53. The zero-order chi connectivity index (χ0) is 8.43. The minimum atomic E-state index is -0.307. The lowest BCUT2D eigenvalue weighted by atomic mass is 9.83. The van der Waals surface area contributed by atoms with E-state index in [1.54, 1.807) is 7.05 Å². The summed E-state index contributed by atoms with van der Waals surface area (Å²) in [5, 5.41) is 5.71. The number of carbonyl (C=O) groups excluding carboxylic acids is 2. The van der Waals surface area contributed by atoms with Gasteiger partial charge in [0.25, 0.3) is 0 Å². The maximum absolute atomic E-state index is 10.9. The first-order valence-corrected chi connectivity index (χ1v) is 3.71. The average Bonchev–Trinajstić information content (AvgIpc) is 2.04. The zero-order valence-corrected chi connectivity index (χ0v) is 6.68. The highest BCUT2D eigenvalue weighted by molar-refractivity contribution is 6.49. The predicted molar refractivity (Wildman–Crippen MR) is 40.3 cm³/mol. The molecule has 1 aliphatic carbocycles. The molecule has 4 nitrogen and oxygen atoms in total. The number of likely N-dealkylation sites (N-methyl/N-ethyl adjacent to an activating group) is 2. The number of Topliss-reactive ketones (excluding diaryl/α,β-unsaturated/α-hetero) is 2. The SMILES string of the molecule is CCNC1C(=O)C(=O)C1NC. The van der Waals surface area contributed by atoms with Gasteiger partial charge in [0.1, 0.15) is 0 Å². The molecule has 0 amide bonds. The molecule has 0 bridgehead atoms. The summed E-state index contributed by atoms with van der Waals surface area (Å²) in [6, 6.07) is -0.597. The topological polar surface area (TPSA) is 58.2 Å². The molecule has 1 fully saturated rings. The molecular formula is C7H12N2O2. The summed E-state index contributed by atoms with van der Waals surface area (Å²) in [6.07, 6.45) is 0. The number of nitrogens with one attached hydrogen (secondary N) is 2. The third-order valence-corrected chi connectivity index (χ3v) is 1.88. The minimum absolute atomic E-state index is 0.294.